The molecule has 2 saturated heterocycles. The third-order valence-corrected chi connectivity index (χ3v) is 9.47. The molecule has 1 amide bonds. The summed E-state index contributed by atoms with van der Waals surface area (Å²) in [6, 6.07) is 8.25. The van der Waals surface area contributed by atoms with Crippen LogP contribution in [-0.2, 0) is 10.0 Å². The van der Waals surface area contributed by atoms with Gasteiger partial charge in [0.15, 0.2) is 5.03 Å². The molecule has 2 aromatic heterocycles. The predicted molar refractivity (Wildman–Crippen MR) is 131 cm³/mol. The van der Waals surface area contributed by atoms with Crippen molar-refractivity contribution in [3.05, 3.63) is 42.1 Å². The van der Waals surface area contributed by atoms with Crippen LogP contribution in [0.25, 0.3) is 0 Å². The molecule has 5 rings (SSSR count). The highest BCUT2D eigenvalue weighted by molar-refractivity contribution is 7.90. The SMILES string of the molecule is CC1CCN(c2ncccc2C(=O)NS(=O)(=O)c2cccc(N3CC4CCCC4C3)n2)C1(C)C. The monoisotopic (exact) mass is 483 g/mol. The first kappa shape index (κ1) is 23.1. The lowest BCUT2D eigenvalue weighted by molar-refractivity contribution is 0.0981. The number of fused-ring (bicyclic) bond motifs is 1. The number of nitrogens with one attached hydrogen (secondary N) is 1. The Morgan fingerprint density at radius 2 is 1.82 bits per heavy atom. The molecule has 8 nitrogen and oxygen atoms in total. The lowest BCUT2D eigenvalue weighted by atomic mass is 9.90. The van der Waals surface area contributed by atoms with E-state index in [1.54, 1.807) is 24.4 Å². The van der Waals surface area contributed by atoms with E-state index < -0.39 is 15.9 Å². The molecule has 3 aliphatic rings. The molecule has 0 aromatic carbocycles. The maximum absolute atomic E-state index is 13.2. The van der Waals surface area contributed by atoms with Crippen LogP contribution in [0.3, 0.4) is 0 Å². The average molecular weight is 484 g/mol. The largest absolute Gasteiger partial charge is 0.356 e. The predicted octanol–water partition coefficient (Wildman–Crippen LogP) is 3.46. The Morgan fingerprint density at radius 1 is 1.09 bits per heavy atom. The van der Waals surface area contributed by atoms with Crippen molar-refractivity contribution in [3.8, 4) is 0 Å². The van der Waals surface area contributed by atoms with E-state index >= 15 is 0 Å². The summed E-state index contributed by atoms with van der Waals surface area (Å²) in [5.74, 6) is 2.23. The molecule has 3 atom stereocenters. The highest BCUT2D eigenvalue weighted by Crippen LogP contribution is 2.40. The van der Waals surface area contributed by atoms with Gasteiger partial charge in [-0.1, -0.05) is 19.4 Å². The van der Waals surface area contributed by atoms with Crippen LogP contribution in [0, 0.1) is 17.8 Å². The molecule has 3 fully saturated rings. The van der Waals surface area contributed by atoms with Crippen molar-refractivity contribution in [1.82, 2.24) is 14.7 Å². The van der Waals surface area contributed by atoms with Gasteiger partial charge in [0.2, 0.25) is 0 Å². The number of amides is 1. The quantitative estimate of drug-likeness (QED) is 0.696. The Bertz CT molecular complexity index is 1190. The Morgan fingerprint density at radius 3 is 2.50 bits per heavy atom. The molecule has 2 aliphatic heterocycles. The number of rotatable bonds is 5. The first-order valence-corrected chi connectivity index (χ1v) is 13.7. The molecule has 9 heteroatoms. The standard InChI is InChI=1S/C25H33N5O3S/c1-17-12-14-30(25(17,2)3)23-20(9-6-13-26-23)24(31)28-34(32,33)22-11-5-10-21(27-22)29-15-18-7-4-8-19(18)16-29/h5-6,9-11,13,17-19H,4,7-8,12,14-16H2,1-3H3,(H,28,31). The maximum Gasteiger partial charge on any atom is 0.281 e. The van der Waals surface area contributed by atoms with Gasteiger partial charge in [0.1, 0.15) is 11.6 Å². The molecule has 4 heterocycles. The number of carbonyl (C=O) groups is 1. The van der Waals surface area contributed by atoms with Crippen molar-refractivity contribution >= 4 is 27.6 Å². The smallest absolute Gasteiger partial charge is 0.281 e. The summed E-state index contributed by atoms with van der Waals surface area (Å²) in [5.41, 5.74) is 0.0587. The van der Waals surface area contributed by atoms with Crippen LogP contribution in [0.15, 0.2) is 41.6 Å². The van der Waals surface area contributed by atoms with Crippen molar-refractivity contribution in [3.63, 3.8) is 0 Å². The minimum atomic E-state index is -4.14. The zero-order valence-electron chi connectivity index (χ0n) is 20.1. The van der Waals surface area contributed by atoms with E-state index in [0.29, 0.717) is 29.4 Å². The van der Waals surface area contributed by atoms with Gasteiger partial charge in [-0.25, -0.2) is 14.7 Å². The second kappa shape index (κ2) is 8.52. The van der Waals surface area contributed by atoms with Crippen LogP contribution in [0.5, 0.6) is 0 Å². The number of sulfonamides is 1. The third kappa shape index (κ3) is 4.04. The normalized spacial score (nSPS) is 26.0. The van der Waals surface area contributed by atoms with E-state index in [9.17, 15) is 13.2 Å². The number of nitrogens with zero attached hydrogens (tertiary/aromatic N) is 4. The van der Waals surface area contributed by atoms with E-state index in [1.165, 1.54) is 25.3 Å². The summed E-state index contributed by atoms with van der Waals surface area (Å²) < 4.78 is 28.5. The summed E-state index contributed by atoms with van der Waals surface area (Å²) in [6.45, 7) is 9.02. The molecule has 0 bridgehead atoms. The fourth-order valence-electron chi connectivity index (χ4n) is 5.78. The molecule has 0 radical (unpaired) electrons. The Balaban J connectivity index is 1.37. The summed E-state index contributed by atoms with van der Waals surface area (Å²) in [5, 5.41) is -0.143. The minimum Gasteiger partial charge on any atom is -0.356 e. The fraction of sp³-hybridized carbons (Fsp3) is 0.560. The lowest BCUT2D eigenvalue weighted by Gasteiger charge is -2.36. The van der Waals surface area contributed by atoms with Gasteiger partial charge in [-0.3, -0.25) is 4.79 Å². The summed E-state index contributed by atoms with van der Waals surface area (Å²) >= 11 is 0. The molecule has 0 spiro atoms. The van der Waals surface area contributed by atoms with Gasteiger partial charge >= 0.3 is 0 Å². The van der Waals surface area contributed by atoms with Gasteiger partial charge in [-0.05, 0) is 75.1 Å². The van der Waals surface area contributed by atoms with Crippen molar-refractivity contribution < 1.29 is 13.2 Å². The number of hydrogen-bond acceptors (Lipinski definition) is 7. The number of anilines is 2. The highest BCUT2D eigenvalue weighted by atomic mass is 32.2. The Hall–Kier alpha value is -2.68. The van der Waals surface area contributed by atoms with Crippen molar-refractivity contribution in [2.45, 2.75) is 57.0 Å². The first-order chi connectivity index (χ1) is 16.2. The molecule has 1 N–H and O–H groups in total. The zero-order chi connectivity index (χ0) is 24.1. The van der Waals surface area contributed by atoms with Crippen LogP contribution in [-0.4, -0.2) is 49.5 Å². The lowest BCUT2D eigenvalue weighted by Crippen LogP contribution is -2.43. The molecule has 1 aliphatic carbocycles. The molecular formula is C25H33N5O3S. The van der Waals surface area contributed by atoms with E-state index in [0.717, 1.165) is 26.1 Å². The zero-order valence-corrected chi connectivity index (χ0v) is 20.9. The van der Waals surface area contributed by atoms with Crippen molar-refractivity contribution in [2.75, 3.05) is 29.4 Å². The van der Waals surface area contributed by atoms with Crippen LogP contribution >= 0.6 is 0 Å². The number of aromatic nitrogens is 2. The van der Waals surface area contributed by atoms with Crippen molar-refractivity contribution in [2.24, 2.45) is 17.8 Å². The molecule has 2 aromatic rings. The minimum absolute atomic E-state index is 0.143. The fourth-order valence-corrected chi connectivity index (χ4v) is 6.71. The topological polar surface area (TPSA) is 95.5 Å². The number of hydrogen-bond donors (Lipinski definition) is 1. The van der Waals surface area contributed by atoms with Crippen LogP contribution in [0.4, 0.5) is 11.6 Å². The van der Waals surface area contributed by atoms with Gasteiger partial charge < -0.3 is 9.80 Å². The number of pyridine rings is 2. The van der Waals surface area contributed by atoms with Crippen molar-refractivity contribution in [1.29, 1.82) is 0 Å². The molecule has 34 heavy (non-hydrogen) atoms. The van der Waals surface area contributed by atoms with Crippen LogP contribution in [0.2, 0.25) is 0 Å². The summed E-state index contributed by atoms with van der Waals surface area (Å²) in [7, 11) is -4.14. The highest BCUT2D eigenvalue weighted by Gasteiger charge is 2.41. The second-order valence-corrected chi connectivity index (χ2v) is 12.1. The van der Waals surface area contributed by atoms with E-state index in [2.05, 4.69) is 45.3 Å². The summed E-state index contributed by atoms with van der Waals surface area (Å²) in [6.07, 6.45) is 6.36. The van der Waals surface area contributed by atoms with E-state index in [-0.39, 0.29) is 16.1 Å². The van der Waals surface area contributed by atoms with Gasteiger partial charge in [0, 0.05) is 31.4 Å². The molecule has 1 saturated carbocycles. The third-order valence-electron chi connectivity index (χ3n) is 8.24. The first-order valence-electron chi connectivity index (χ1n) is 12.2. The summed E-state index contributed by atoms with van der Waals surface area (Å²) in [4.78, 5) is 26.3. The second-order valence-electron chi connectivity index (χ2n) is 10.5. The average Bonchev–Trinajstić information content (AvgIpc) is 3.48. The van der Waals surface area contributed by atoms with Gasteiger partial charge in [-0.2, -0.15) is 8.42 Å². The van der Waals surface area contributed by atoms with E-state index in [1.807, 2.05) is 6.07 Å². The van der Waals surface area contributed by atoms with Gasteiger partial charge in [-0.15, -0.1) is 0 Å². The Kier molecular flexibility index (Phi) is 5.78. The molecule has 3 unspecified atom stereocenters. The van der Waals surface area contributed by atoms with E-state index in [4.69, 9.17) is 0 Å². The Labute approximate surface area is 201 Å². The van der Waals surface area contributed by atoms with Crippen LogP contribution in [0.1, 0.15) is 56.8 Å². The van der Waals surface area contributed by atoms with Gasteiger partial charge in [0.05, 0.1) is 5.56 Å². The molecular weight excluding hydrogens is 450 g/mol. The maximum atomic E-state index is 13.2. The number of carbonyl (C=O) groups excluding carboxylic acids is 1. The van der Waals surface area contributed by atoms with Gasteiger partial charge in [0.25, 0.3) is 15.9 Å². The molecule has 182 valence electrons. The van der Waals surface area contributed by atoms with Crippen LogP contribution < -0.4 is 14.5 Å².